The molecule has 1 atom stereocenters. The SMILES string of the molecule is Cl.N[C@@H](c1ccc(F)cc1)c1c(O)ccc2ccccc12. The number of rotatable bonds is 2. The molecule has 0 aliphatic heterocycles. The fourth-order valence-corrected chi connectivity index (χ4v) is 2.45. The molecule has 3 N–H and O–H groups in total. The van der Waals surface area contributed by atoms with Crippen LogP contribution in [0.15, 0.2) is 60.7 Å². The summed E-state index contributed by atoms with van der Waals surface area (Å²) in [6.07, 6.45) is 0. The molecule has 0 aromatic heterocycles. The number of fused-ring (bicyclic) bond motifs is 1. The van der Waals surface area contributed by atoms with E-state index >= 15 is 0 Å². The fourth-order valence-electron chi connectivity index (χ4n) is 2.45. The summed E-state index contributed by atoms with van der Waals surface area (Å²) in [5.74, 6) is -0.149. The average Bonchev–Trinajstić information content (AvgIpc) is 2.47. The van der Waals surface area contributed by atoms with Crippen LogP contribution in [0.3, 0.4) is 0 Å². The minimum absolute atomic E-state index is 0. The van der Waals surface area contributed by atoms with Gasteiger partial charge in [0.2, 0.25) is 0 Å². The van der Waals surface area contributed by atoms with Crippen molar-refractivity contribution in [3.63, 3.8) is 0 Å². The van der Waals surface area contributed by atoms with E-state index in [-0.39, 0.29) is 24.0 Å². The van der Waals surface area contributed by atoms with Gasteiger partial charge >= 0.3 is 0 Å². The van der Waals surface area contributed by atoms with Gasteiger partial charge in [-0.05, 0) is 34.5 Å². The first-order valence-electron chi connectivity index (χ1n) is 6.38. The van der Waals surface area contributed by atoms with Crippen LogP contribution in [0, 0.1) is 5.82 Å². The number of aromatic hydroxyl groups is 1. The van der Waals surface area contributed by atoms with Crippen LogP contribution in [-0.4, -0.2) is 5.11 Å². The van der Waals surface area contributed by atoms with E-state index in [2.05, 4.69) is 0 Å². The standard InChI is InChI=1S/C17H14FNO.ClH/c18-13-8-5-12(6-9-13)17(19)16-14-4-2-1-3-11(14)7-10-15(16)20;/h1-10,17,20H,19H2;1H/t17-;/m0./s1. The van der Waals surface area contributed by atoms with E-state index < -0.39 is 6.04 Å². The largest absolute Gasteiger partial charge is 0.508 e. The van der Waals surface area contributed by atoms with E-state index in [9.17, 15) is 9.50 Å². The molecule has 2 nitrogen and oxygen atoms in total. The second kappa shape index (κ2) is 6.12. The van der Waals surface area contributed by atoms with Crippen LogP contribution >= 0.6 is 12.4 Å². The third-order valence-corrected chi connectivity index (χ3v) is 3.49. The van der Waals surface area contributed by atoms with Gasteiger partial charge in [0, 0.05) is 5.56 Å². The van der Waals surface area contributed by atoms with E-state index in [1.165, 1.54) is 12.1 Å². The normalized spacial score (nSPS) is 11.9. The second-order valence-electron chi connectivity index (χ2n) is 4.75. The lowest BCUT2D eigenvalue weighted by Gasteiger charge is -2.17. The minimum atomic E-state index is -0.498. The van der Waals surface area contributed by atoms with Gasteiger partial charge in [0.05, 0.1) is 6.04 Å². The van der Waals surface area contributed by atoms with Gasteiger partial charge in [-0.15, -0.1) is 12.4 Å². The molecule has 0 aliphatic rings. The number of benzene rings is 3. The number of phenolic OH excluding ortho intramolecular Hbond substituents is 1. The van der Waals surface area contributed by atoms with Crippen LogP contribution in [-0.2, 0) is 0 Å². The predicted octanol–water partition coefficient (Wildman–Crippen LogP) is 4.15. The van der Waals surface area contributed by atoms with Crippen LogP contribution < -0.4 is 5.73 Å². The molecule has 0 radical (unpaired) electrons. The molecule has 0 aliphatic carbocycles. The van der Waals surface area contributed by atoms with Crippen molar-refractivity contribution in [2.24, 2.45) is 5.73 Å². The predicted molar refractivity (Wildman–Crippen MR) is 85.3 cm³/mol. The Balaban J connectivity index is 0.00000161. The smallest absolute Gasteiger partial charge is 0.123 e. The van der Waals surface area contributed by atoms with E-state index in [1.807, 2.05) is 30.3 Å². The molecule has 3 rings (SSSR count). The van der Waals surface area contributed by atoms with Crippen molar-refractivity contribution in [2.45, 2.75) is 6.04 Å². The molecular weight excluding hydrogens is 289 g/mol. The fraction of sp³-hybridized carbons (Fsp3) is 0.0588. The maximum Gasteiger partial charge on any atom is 0.123 e. The van der Waals surface area contributed by atoms with Crippen molar-refractivity contribution in [2.75, 3.05) is 0 Å². The molecule has 4 heteroatoms. The highest BCUT2D eigenvalue weighted by Crippen LogP contribution is 2.34. The Morgan fingerprint density at radius 3 is 2.29 bits per heavy atom. The highest BCUT2D eigenvalue weighted by atomic mass is 35.5. The Morgan fingerprint density at radius 2 is 1.57 bits per heavy atom. The van der Waals surface area contributed by atoms with Gasteiger partial charge in [-0.2, -0.15) is 0 Å². The van der Waals surface area contributed by atoms with Crippen molar-refractivity contribution in [1.82, 2.24) is 0 Å². The Hall–Kier alpha value is -2.10. The van der Waals surface area contributed by atoms with Crippen molar-refractivity contribution >= 4 is 23.2 Å². The van der Waals surface area contributed by atoms with Crippen molar-refractivity contribution < 1.29 is 9.50 Å². The minimum Gasteiger partial charge on any atom is -0.508 e. The molecule has 0 unspecified atom stereocenters. The lowest BCUT2D eigenvalue weighted by atomic mass is 9.93. The summed E-state index contributed by atoms with van der Waals surface area (Å²) >= 11 is 0. The Kier molecular flexibility index (Phi) is 4.46. The zero-order chi connectivity index (χ0) is 14.1. The van der Waals surface area contributed by atoms with Crippen LogP contribution in [0.25, 0.3) is 10.8 Å². The van der Waals surface area contributed by atoms with Gasteiger partial charge in [-0.25, -0.2) is 4.39 Å². The summed E-state index contributed by atoms with van der Waals surface area (Å²) in [5.41, 5.74) is 7.67. The Labute approximate surface area is 128 Å². The summed E-state index contributed by atoms with van der Waals surface area (Å²) in [7, 11) is 0. The first-order chi connectivity index (χ1) is 9.66. The zero-order valence-corrected chi connectivity index (χ0v) is 12.0. The molecule has 3 aromatic carbocycles. The summed E-state index contributed by atoms with van der Waals surface area (Å²) in [6, 6.07) is 16.8. The Bertz CT molecular complexity index is 758. The highest BCUT2D eigenvalue weighted by Gasteiger charge is 2.16. The summed E-state index contributed by atoms with van der Waals surface area (Å²) in [6.45, 7) is 0. The summed E-state index contributed by atoms with van der Waals surface area (Å²) < 4.78 is 13.0. The van der Waals surface area contributed by atoms with Crippen LogP contribution in [0.4, 0.5) is 4.39 Å². The average molecular weight is 304 g/mol. The molecule has 21 heavy (non-hydrogen) atoms. The quantitative estimate of drug-likeness (QED) is 0.747. The first-order valence-corrected chi connectivity index (χ1v) is 6.38. The van der Waals surface area contributed by atoms with Crippen molar-refractivity contribution in [3.05, 3.63) is 77.6 Å². The number of nitrogens with two attached hydrogens (primary N) is 1. The molecule has 0 saturated heterocycles. The number of phenols is 1. The van der Waals surface area contributed by atoms with Gasteiger partial charge < -0.3 is 10.8 Å². The van der Waals surface area contributed by atoms with Crippen molar-refractivity contribution in [3.8, 4) is 5.75 Å². The maximum absolute atomic E-state index is 13.0. The number of hydrogen-bond acceptors (Lipinski definition) is 2. The van der Waals surface area contributed by atoms with E-state index in [0.29, 0.717) is 5.56 Å². The van der Waals surface area contributed by atoms with Crippen molar-refractivity contribution in [1.29, 1.82) is 0 Å². The molecule has 3 aromatic rings. The van der Waals surface area contributed by atoms with Gasteiger partial charge in [0.25, 0.3) is 0 Å². The lowest BCUT2D eigenvalue weighted by Crippen LogP contribution is -2.12. The van der Waals surface area contributed by atoms with Gasteiger partial charge in [-0.3, -0.25) is 0 Å². The molecule has 0 saturated carbocycles. The Morgan fingerprint density at radius 1 is 0.905 bits per heavy atom. The second-order valence-corrected chi connectivity index (χ2v) is 4.75. The third kappa shape index (κ3) is 2.84. The third-order valence-electron chi connectivity index (χ3n) is 3.49. The van der Waals surface area contributed by atoms with Crippen LogP contribution in [0.1, 0.15) is 17.2 Å². The van der Waals surface area contributed by atoms with Gasteiger partial charge in [0.15, 0.2) is 0 Å². The van der Waals surface area contributed by atoms with E-state index in [1.54, 1.807) is 18.2 Å². The molecule has 0 fully saturated rings. The monoisotopic (exact) mass is 303 g/mol. The number of hydrogen-bond donors (Lipinski definition) is 2. The molecule has 0 heterocycles. The van der Waals surface area contributed by atoms with E-state index in [4.69, 9.17) is 5.73 Å². The van der Waals surface area contributed by atoms with Crippen LogP contribution in [0.2, 0.25) is 0 Å². The highest BCUT2D eigenvalue weighted by molar-refractivity contribution is 5.88. The van der Waals surface area contributed by atoms with E-state index in [0.717, 1.165) is 16.3 Å². The van der Waals surface area contributed by atoms with Crippen LogP contribution in [0.5, 0.6) is 5.75 Å². The zero-order valence-electron chi connectivity index (χ0n) is 11.2. The first kappa shape index (κ1) is 15.3. The topological polar surface area (TPSA) is 46.2 Å². The molecular formula is C17H15ClFNO. The number of halogens is 2. The van der Waals surface area contributed by atoms with Gasteiger partial charge in [-0.1, -0.05) is 42.5 Å². The molecule has 0 bridgehead atoms. The molecule has 108 valence electrons. The lowest BCUT2D eigenvalue weighted by molar-refractivity contribution is 0.466. The maximum atomic E-state index is 13.0. The van der Waals surface area contributed by atoms with Gasteiger partial charge in [0.1, 0.15) is 11.6 Å². The molecule has 0 spiro atoms. The summed E-state index contributed by atoms with van der Waals surface area (Å²) in [4.78, 5) is 0. The summed E-state index contributed by atoms with van der Waals surface area (Å²) in [5, 5.41) is 12.1. The molecule has 0 amide bonds.